The Morgan fingerprint density at radius 3 is 2.62 bits per heavy atom. The summed E-state index contributed by atoms with van der Waals surface area (Å²) >= 11 is 0. The van der Waals surface area contributed by atoms with Crippen LogP contribution in [-0.4, -0.2) is 20.4 Å². The lowest BCUT2D eigenvalue weighted by atomic mass is 10.1. The van der Waals surface area contributed by atoms with Crippen LogP contribution >= 0.6 is 0 Å². The molecule has 26 heavy (non-hydrogen) atoms. The van der Waals surface area contributed by atoms with E-state index in [0.29, 0.717) is 12.2 Å². The van der Waals surface area contributed by atoms with Crippen molar-refractivity contribution in [1.82, 2.24) is 0 Å². The normalized spacial score (nSPS) is 18.5. The van der Waals surface area contributed by atoms with Crippen molar-refractivity contribution in [3.63, 3.8) is 0 Å². The predicted molar refractivity (Wildman–Crippen MR) is 99.0 cm³/mol. The molecule has 1 atom stereocenters. The molecule has 1 heterocycles. The van der Waals surface area contributed by atoms with Crippen molar-refractivity contribution in [3.8, 4) is 5.75 Å². The predicted octanol–water partition coefficient (Wildman–Crippen LogP) is 3.24. The van der Waals surface area contributed by atoms with Crippen LogP contribution in [0, 0.1) is 0 Å². The number of carbonyl (C=O) groups is 1. The Morgan fingerprint density at radius 1 is 1.08 bits per heavy atom. The van der Waals surface area contributed by atoms with Crippen LogP contribution in [-0.2, 0) is 34.2 Å². The first kappa shape index (κ1) is 17.1. The Morgan fingerprint density at radius 2 is 1.85 bits per heavy atom. The molecule has 5 nitrogen and oxygen atoms in total. The van der Waals surface area contributed by atoms with Gasteiger partial charge in [0.15, 0.2) is 0 Å². The molecule has 1 aliphatic carbocycles. The third-order valence-corrected chi connectivity index (χ3v) is 6.41. The minimum absolute atomic E-state index is 0.0260. The fourth-order valence-corrected chi connectivity index (χ4v) is 4.99. The summed E-state index contributed by atoms with van der Waals surface area (Å²) in [6.07, 6.45) is 3.74. The summed E-state index contributed by atoms with van der Waals surface area (Å²) in [7, 11) is -3.91. The number of fused-ring (bicyclic) bond motifs is 2. The number of hydrogen-bond acceptors (Lipinski definition) is 4. The molecule has 1 amide bonds. The van der Waals surface area contributed by atoms with Gasteiger partial charge in [-0.2, -0.15) is 8.42 Å². The van der Waals surface area contributed by atoms with Crippen LogP contribution in [0.5, 0.6) is 5.75 Å². The summed E-state index contributed by atoms with van der Waals surface area (Å²) < 4.78 is 30.8. The second-order valence-corrected chi connectivity index (χ2v) is 8.60. The second kappa shape index (κ2) is 6.13. The maximum Gasteiger partial charge on any atom is 0.339 e. The van der Waals surface area contributed by atoms with Gasteiger partial charge >= 0.3 is 10.1 Å². The first-order valence-electron chi connectivity index (χ1n) is 8.84. The number of aryl methyl sites for hydroxylation is 2. The van der Waals surface area contributed by atoms with Gasteiger partial charge in [-0.05, 0) is 79.6 Å². The molecule has 1 aliphatic heterocycles. The lowest BCUT2D eigenvalue weighted by molar-refractivity contribution is -0.116. The molecule has 0 bridgehead atoms. The summed E-state index contributed by atoms with van der Waals surface area (Å²) in [6, 6.07) is 10.3. The quantitative estimate of drug-likeness (QED) is 0.777. The van der Waals surface area contributed by atoms with Gasteiger partial charge in [0.25, 0.3) is 0 Å². The van der Waals surface area contributed by atoms with E-state index >= 15 is 0 Å². The number of rotatable bonds is 3. The Balaban J connectivity index is 1.63. The molecule has 2 aliphatic rings. The zero-order valence-corrected chi connectivity index (χ0v) is 15.7. The molecule has 2 aromatic rings. The summed E-state index contributed by atoms with van der Waals surface area (Å²) in [5, 5.41) is 0. The molecule has 2 aromatic carbocycles. The van der Waals surface area contributed by atoms with E-state index in [1.54, 1.807) is 23.1 Å². The lowest BCUT2D eigenvalue weighted by Gasteiger charge is -2.20. The van der Waals surface area contributed by atoms with Gasteiger partial charge in [-0.15, -0.1) is 0 Å². The van der Waals surface area contributed by atoms with Crippen LogP contribution < -0.4 is 9.08 Å². The maximum atomic E-state index is 12.7. The van der Waals surface area contributed by atoms with Crippen molar-refractivity contribution in [2.45, 2.75) is 50.5 Å². The van der Waals surface area contributed by atoms with Crippen molar-refractivity contribution in [3.05, 3.63) is 53.1 Å². The van der Waals surface area contributed by atoms with Gasteiger partial charge in [0.05, 0.1) is 0 Å². The lowest BCUT2D eigenvalue weighted by Crippen LogP contribution is -2.33. The van der Waals surface area contributed by atoms with Crippen molar-refractivity contribution in [1.29, 1.82) is 0 Å². The van der Waals surface area contributed by atoms with E-state index < -0.39 is 10.1 Å². The van der Waals surface area contributed by atoms with Gasteiger partial charge in [0.1, 0.15) is 10.6 Å². The maximum absolute atomic E-state index is 12.7. The average molecular weight is 371 g/mol. The first-order valence-corrected chi connectivity index (χ1v) is 10.2. The van der Waals surface area contributed by atoms with Crippen molar-refractivity contribution < 1.29 is 17.4 Å². The average Bonchev–Trinajstić information content (AvgIpc) is 3.15. The van der Waals surface area contributed by atoms with Crippen LogP contribution in [0.25, 0.3) is 0 Å². The molecule has 0 saturated carbocycles. The highest BCUT2D eigenvalue weighted by molar-refractivity contribution is 7.87. The molecular formula is C20H21NO4S. The van der Waals surface area contributed by atoms with E-state index in [0.717, 1.165) is 36.1 Å². The zero-order chi connectivity index (χ0) is 18.5. The standard InChI is InChI=1S/C20H21NO4S/c1-13-10-17-12-19(8-9-20(17)21(13)14(2)22)26(23,24)25-18-7-6-15-4-3-5-16(15)11-18/h6-9,11-13H,3-5,10H2,1-2H3/t13-/m1/s1. The van der Waals surface area contributed by atoms with Crippen molar-refractivity contribution >= 4 is 21.7 Å². The SMILES string of the molecule is CC(=O)N1c2ccc(S(=O)(=O)Oc3ccc4c(c3)CCC4)cc2C[C@H]1C. The molecule has 136 valence electrons. The molecular weight excluding hydrogens is 350 g/mol. The van der Waals surface area contributed by atoms with Gasteiger partial charge in [0.2, 0.25) is 5.91 Å². The zero-order valence-electron chi connectivity index (χ0n) is 14.9. The fraction of sp³-hybridized carbons (Fsp3) is 0.350. The Kier molecular flexibility index (Phi) is 4.03. The van der Waals surface area contributed by atoms with E-state index in [4.69, 9.17) is 4.18 Å². The number of hydrogen-bond donors (Lipinski definition) is 0. The molecule has 0 fully saturated rings. The van der Waals surface area contributed by atoms with Crippen LogP contribution in [0.2, 0.25) is 0 Å². The first-order chi connectivity index (χ1) is 12.3. The van der Waals surface area contributed by atoms with Crippen LogP contribution in [0.15, 0.2) is 41.3 Å². The monoisotopic (exact) mass is 371 g/mol. The van der Waals surface area contributed by atoms with Gasteiger partial charge in [-0.1, -0.05) is 6.07 Å². The highest BCUT2D eigenvalue weighted by Crippen LogP contribution is 2.35. The molecule has 0 aromatic heterocycles. The highest BCUT2D eigenvalue weighted by Gasteiger charge is 2.30. The Labute approximate surface area is 153 Å². The van der Waals surface area contributed by atoms with Gasteiger partial charge in [-0.25, -0.2) is 0 Å². The topological polar surface area (TPSA) is 63.7 Å². The third kappa shape index (κ3) is 2.88. The molecule has 0 saturated heterocycles. The number of benzene rings is 2. The molecule has 0 radical (unpaired) electrons. The molecule has 4 rings (SSSR count). The molecule has 0 spiro atoms. The van der Waals surface area contributed by atoms with Crippen LogP contribution in [0.3, 0.4) is 0 Å². The van der Waals surface area contributed by atoms with E-state index in [-0.39, 0.29) is 16.8 Å². The summed E-state index contributed by atoms with van der Waals surface area (Å²) in [5.74, 6) is 0.311. The van der Waals surface area contributed by atoms with Crippen LogP contribution in [0.4, 0.5) is 5.69 Å². The minimum Gasteiger partial charge on any atom is -0.379 e. The third-order valence-electron chi connectivity index (χ3n) is 5.17. The smallest absolute Gasteiger partial charge is 0.339 e. The highest BCUT2D eigenvalue weighted by atomic mass is 32.2. The summed E-state index contributed by atoms with van der Waals surface area (Å²) in [4.78, 5) is 13.6. The van der Waals surface area contributed by atoms with Gasteiger partial charge in [0, 0.05) is 18.7 Å². The summed E-state index contributed by atoms with van der Waals surface area (Å²) in [5.41, 5.74) is 4.07. The molecule has 0 unspecified atom stereocenters. The fourth-order valence-electron chi connectivity index (χ4n) is 4.02. The number of anilines is 1. The number of carbonyl (C=O) groups excluding carboxylic acids is 1. The van der Waals surface area contributed by atoms with Gasteiger partial charge in [-0.3, -0.25) is 4.79 Å². The van der Waals surface area contributed by atoms with Crippen molar-refractivity contribution in [2.24, 2.45) is 0 Å². The number of nitrogens with zero attached hydrogens (tertiary/aromatic N) is 1. The van der Waals surface area contributed by atoms with E-state index in [1.165, 1.54) is 18.6 Å². The second-order valence-electron chi connectivity index (χ2n) is 7.05. The van der Waals surface area contributed by atoms with Gasteiger partial charge < -0.3 is 9.08 Å². The molecule has 0 N–H and O–H groups in total. The van der Waals surface area contributed by atoms with E-state index in [9.17, 15) is 13.2 Å². The molecule has 6 heteroatoms. The largest absolute Gasteiger partial charge is 0.379 e. The van der Waals surface area contributed by atoms with E-state index in [2.05, 4.69) is 0 Å². The minimum atomic E-state index is -3.91. The van der Waals surface area contributed by atoms with E-state index in [1.807, 2.05) is 19.1 Å². The van der Waals surface area contributed by atoms with Crippen LogP contribution in [0.1, 0.15) is 37.0 Å². The number of amides is 1. The Hall–Kier alpha value is -2.34. The summed E-state index contributed by atoms with van der Waals surface area (Å²) in [6.45, 7) is 3.48. The van der Waals surface area contributed by atoms with Crippen molar-refractivity contribution in [2.75, 3.05) is 4.90 Å². The Bertz CT molecular complexity index is 997.